The lowest BCUT2D eigenvalue weighted by molar-refractivity contribution is 0.129. The van der Waals surface area contributed by atoms with Gasteiger partial charge in [-0.05, 0) is 44.9 Å². The molecule has 0 aliphatic carbocycles. The fourth-order valence-corrected chi connectivity index (χ4v) is 3.10. The molecule has 2 unspecified atom stereocenters. The summed E-state index contributed by atoms with van der Waals surface area (Å²) in [6.07, 6.45) is 4.84. The van der Waals surface area contributed by atoms with Crippen molar-refractivity contribution >= 4 is 11.8 Å². The number of nitrogens with one attached hydrogen (secondary N) is 1. The van der Waals surface area contributed by atoms with Crippen LogP contribution in [0.5, 0.6) is 0 Å². The van der Waals surface area contributed by atoms with E-state index in [1.54, 1.807) is 0 Å². The van der Waals surface area contributed by atoms with Gasteiger partial charge in [-0.15, -0.1) is 0 Å². The van der Waals surface area contributed by atoms with Crippen molar-refractivity contribution in [2.24, 2.45) is 0 Å². The van der Waals surface area contributed by atoms with Gasteiger partial charge in [0.2, 0.25) is 0 Å². The first-order valence-corrected chi connectivity index (χ1v) is 7.71. The summed E-state index contributed by atoms with van der Waals surface area (Å²) in [6, 6.07) is 2.39. The van der Waals surface area contributed by atoms with Crippen molar-refractivity contribution in [1.82, 2.24) is 5.32 Å². The van der Waals surface area contributed by atoms with Crippen LogP contribution >= 0.6 is 11.8 Å². The molecule has 0 saturated carbocycles. The third kappa shape index (κ3) is 5.76. The van der Waals surface area contributed by atoms with Gasteiger partial charge in [-0.3, -0.25) is 5.32 Å². The molecule has 0 aromatic rings. The van der Waals surface area contributed by atoms with E-state index in [1.165, 1.54) is 12.8 Å². The van der Waals surface area contributed by atoms with Gasteiger partial charge in [0.25, 0.3) is 0 Å². The van der Waals surface area contributed by atoms with E-state index in [-0.39, 0.29) is 5.54 Å². The zero-order valence-corrected chi connectivity index (χ0v) is 11.8. The molecular formula is C13H24N2OS. The molecular weight excluding hydrogens is 232 g/mol. The summed E-state index contributed by atoms with van der Waals surface area (Å²) >= 11 is 1.91. The van der Waals surface area contributed by atoms with Crippen molar-refractivity contribution in [3.05, 3.63) is 0 Å². The maximum Gasteiger partial charge on any atom is 0.104 e. The SMILES string of the molecule is CCCNC(C)(C#N)CCSCC1CCCO1. The molecule has 4 heteroatoms. The molecule has 0 aromatic carbocycles. The Morgan fingerprint density at radius 2 is 2.41 bits per heavy atom. The number of ether oxygens (including phenoxy) is 1. The fraction of sp³-hybridized carbons (Fsp3) is 0.923. The number of nitrogens with zero attached hydrogens (tertiary/aromatic N) is 1. The van der Waals surface area contributed by atoms with Crippen LogP contribution < -0.4 is 5.32 Å². The second kappa shape index (κ2) is 7.97. The van der Waals surface area contributed by atoms with Crippen molar-refractivity contribution in [2.75, 3.05) is 24.7 Å². The fourth-order valence-electron chi connectivity index (χ4n) is 1.85. The molecule has 1 aliphatic heterocycles. The lowest BCUT2D eigenvalue weighted by Crippen LogP contribution is -2.41. The quantitative estimate of drug-likeness (QED) is 0.678. The number of hydrogen-bond donors (Lipinski definition) is 1. The highest BCUT2D eigenvalue weighted by Crippen LogP contribution is 2.19. The minimum absolute atomic E-state index is 0.362. The number of nitriles is 1. The van der Waals surface area contributed by atoms with E-state index in [1.807, 2.05) is 18.7 Å². The van der Waals surface area contributed by atoms with Crippen molar-refractivity contribution in [3.8, 4) is 6.07 Å². The van der Waals surface area contributed by atoms with Crippen LogP contribution in [-0.2, 0) is 4.74 Å². The third-order valence-corrected chi connectivity index (χ3v) is 4.19. The van der Waals surface area contributed by atoms with Gasteiger partial charge in [0.15, 0.2) is 0 Å². The van der Waals surface area contributed by atoms with E-state index >= 15 is 0 Å². The van der Waals surface area contributed by atoms with E-state index in [0.29, 0.717) is 6.10 Å². The molecule has 1 rings (SSSR count). The summed E-state index contributed by atoms with van der Waals surface area (Å²) in [5.74, 6) is 2.11. The minimum atomic E-state index is -0.362. The number of rotatable bonds is 8. The average Bonchev–Trinajstić information content (AvgIpc) is 2.85. The summed E-state index contributed by atoms with van der Waals surface area (Å²) in [4.78, 5) is 0. The van der Waals surface area contributed by atoms with Crippen LogP contribution in [0.1, 0.15) is 39.5 Å². The Morgan fingerprint density at radius 1 is 1.59 bits per heavy atom. The monoisotopic (exact) mass is 256 g/mol. The Kier molecular flexibility index (Phi) is 6.94. The zero-order valence-electron chi connectivity index (χ0n) is 11.0. The molecule has 1 aliphatic rings. The predicted molar refractivity (Wildman–Crippen MR) is 73.2 cm³/mol. The van der Waals surface area contributed by atoms with E-state index in [2.05, 4.69) is 18.3 Å². The second-order valence-electron chi connectivity index (χ2n) is 4.83. The van der Waals surface area contributed by atoms with Crippen LogP contribution in [0.2, 0.25) is 0 Å². The maximum atomic E-state index is 9.18. The molecule has 1 saturated heterocycles. The molecule has 0 aromatic heterocycles. The topological polar surface area (TPSA) is 45.0 Å². The lowest BCUT2D eigenvalue weighted by Gasteiger charge is -2.23. The van der Waals surface area contributed by atoms with Gasteiger partial charge < -0.3 is 4.74 Å². The molecule has 1 N–H and O–H groups in total. The Balaban J connectivity index is 2.12. The lowest BCUT2D eigenvalue weighted by atomic mass is 10.0. The molecule has 0 radical (unpaired) electrons. The van der Waals surface area contributed by atoms with Gasteiger partial charge in [-0.2, -0.15) is 17.0 Å². The minimum Gasteiger partial charge on any atom is -0.377 e. The van der Waals surface area contributed by atoms with Gasteiger partial charge >= 0.3 is 0 Å². The smallest absolute Gasteiger partial charge is 0.104 e. The molecule has 1 heterocycles. The summed E-state index contributed by atoms with van der Waals surface area (Å²) in [5.41, 5.74) is -0.362. The largest absolute Gasteiger partial charge is 0.377 e. The highest BCUT2D eigenvalue weighted by atomic mass is 32.2. The van der Waals surface area contributed by atoms with E-state index < -0.39 is 0 Å². The Labute approximate surface area is 109 Å². The van der Waals surface area contributed by atoms with Crippen molar-refractivity contribution < 1.29 is 4.74 Å². The number of thioether (sulfide) groups is 1. The van der Waals surface area contributed by atoms with Crippen LogP contribution in [0, 0.1) is 11.3 Å². The standard InChI is InChI=1S/C13H24N2OS/c1-3-7-15-13(2,11-14)6-9-17-10-12-5-4-8-16-12/h12,15H,3-10H2,1-2H3. The molecule has 1 fully saturated rings. The van der Waals surface area contributed by atoms with E-state index in [0.717, 1.165) is 37.5 Å². The van der Waals surface area contributed by atoms with Gasteiger partial charge in [0, 0.05) is 12.4 Å². The second-order valence-corrected chi connectivity index (χ2v) is 5.98. The molecule has 0 bridgehead atoms. The van der Waals surface area contributed by atoms with Gasteiger partial charge in [-0.25, -0.2) is 0 Å². The van der Waals surface area contributed by atoms with Crippen molar-refractivity contribution in [2.45, 2.75) is 51.2 Å². The van der Waals surface area contributed by atoms with Crippen LogP contribution in [-0.4, -0.2) is 36.3 Å². The highest BCUT2D eigenvalue weighted by molar-refractivity contribution is 7.99. The predicted octanol–water partition coefficient (Wildman–Crippen LogP) is 2.57. The zero-order chi connectivity index (χ0) is 12.6. The Bertz CT molecular complexity index is 248. The normalized spacial score (nSPS) is 23.2. The van der Waals surface area contributed by atoms with Crippen molar-refractivity contribution in [3.63, 3.8) is 0 Å². The third-order valence-electron chi connectivity index (χ3n) is 3.09. The van der Waals surface area contributed by atoms with Crippen molar-refractivity contribution in [1.29, 1.82) is 5.26 Å². The van der Waals surface area contributed by atoms with Crippen LogP contribution in [0.25, 0.3) is 0 Å². The molecule has 3 nitrogen and oxygen atoms in total. The highest BCUT2D eigenvalue weighted by Gasteiger charge is 2.22. The molecule has 17 heavy (non-hydrogen) atoms. The van der Waals surface area contributed by atoms with Crippen LogP contribution in [0.3, 0.4) is 0 Å². The summed E-state index contributed by atoms with van der Waals surface area (Å²) in [7, 11) is 0. The first kappa shape index (κ1) is 14.8. The molecule has 0 amide bonds. The number of hydrogen-bond acceptors (Lipinski definition) is 4. The first-order valence-electron chi connectivity index (χ1n) is 6.56. The van der Waals surface area contributed by atoms with Crippen LogP contribution in [0.15, 0.2) is 0 Å². The Morgan fingerprint density at radius 3 is 3.00 bits per heavy atom. The molecule has 0 spiro atoms. The first-order chi connectivity index (χ1) is 8.20. The summed E-state index contributed by atoms with van der Waals surface area (Å²) in [6.45, 7) is 5.96. The average molecular weight is 256 g/mol. The maximum absolute atomic E-state index is 9.18. The van der Waals surface area contributed by atoms with Gasteiger partial charge in [-0.1, -0.05) is 6.92 Å². The summed E-state index contributed by atoms with van der Waals surface area (Å²) in [5, 5.41) is 12.5. The van der Waals surface area contributed by atoms with Gasteiger partial charge in [0.1, 0.15) is 5.54 Å². The molecule has 2 atom stereocenters. The summed E-state index contributed by atoms with van der Waals surface area (Å²) < 4.78 is 5.57. The van der Waals surface area contributed by atoms with E-state index in [9.17, 15) is 5.26 Å². The van der Waals surface area contributed by atoms with Gasteiger partial charge in [0.05, 0.1) is 12.2 Å². The van der Waals surface area contributed by atoms with Crippen LogP contribution in [0.4, 0.5) is 0 Å². The molecule has 98 valence electrons. The van der Waals surface area contributed by atoms with E-state index in [4.69, 9.17) is 4.74 Å². The Hall–Kier alpha value is -0.240.